The molecule has 0 atom stereocenters. The number of halogens is 1. The van der Waals surface area contributed by atoms with Crippen molar-refractivity contribution >= 4 is 46.7 Å². The predicted octanol–water partition coefficient (Wildman–Crippen LogP) is 2.71. The van der Waals surface area contributed by atoms with E-state index in [1.54, 1.807) is 24.3 Å². The highest BCUT2D eigenvalue weighted by Crippen LogP contribution is 2.15. The van der Waals surface area contributed by atoms with Crippen LogP contribution in [0, 0.1) is 0 Å². The molecule has 0 aliphatic rings. The summed E-state index contributed by atoms with van der Waals surface area (Å²) in [6.07, 6.45) is 1.57. The quantitative estimate of drug-likeness (QED) is 0.483. The molecule has 0 bridgehead atoms. The first-order valence-electron chi connectivity index (χ1n) is 7.88. The molecule has 0 fully saturated rings. The van der Waals surface area contributed by atoms with E-state index in [1.807, 2.05) is 0 Å². The Morgan fingerprint density at radius 1 is 0.964 bits per heavy atom. The third-order valence-electron chi connectivity index (χ3n) is 3.21. The summed E-state index contributed by atoms with van der Waals surface area (Å²) in [5, 5.41) is 13.9. The maximum absolute atomic E-state index is 12.0. The number of benzene rings is 2. The van der Waals surface area contributed by atoms with E-state index >= 15 is 0 Å². The highest BCUT2D eigenvalue weighted by molar-refractivity contribution is 6.30. The van der Waals surface area contributed by atoms with E-state index in [9.17, 15) is 19.2 Å². The standard InChI is InChI=1S/C19H15ClN2O6/c20-13-2-1-3-15(10-13)22-17(24)11-28-19(27)12-4-6-14(7-5-12)21-16(23)8-9-18(25)26/h1-10H,11H2,(H,21,23)(H,22,24)(H,25,26)/b9-8+. The molecule has 0 unspecified atom stereocenters. The Hall–Kier alpha value is -3.65. The summed E-state index contributed by atoms with van der Waals surface area (Å²) in [5.41, 5.74) is 1.01. The first-order valence-corrected chi connectivity index (χ1v) is 8.26. The van der Waals surface area contributed by atoms with Crippen LogP contribution in [0.4, 0.5) is 11.4 Å². The average molecular weight is 403 g/mol. The molecule has 0 aliphatic heterocycles. The molecule has 0 aromatic heterocycles. The summed E-state index contributed by atoms with van der Waals surface area (Å²) < 4.78 is 4.93. The molecule has 0 saturated carbocycles. The van der Waals surface area contributed by atoms with Crippen LogP contribution in [0.25, 0.3) is 0 Å². The Labute approximate surface area is 164 Å². The van der Waals surface area contributed by atoms with Crippen LogP contribution >= 0.6 is 11.6 Å². The normalized spacial score (nSPS) is 10.3. The lowest BCUT2D eigenvalue weighted by Gasteiger charge is -2.07. The molecule has 0 radical (unpaired) electrons. The third-order valence-corrected chi connectivity index (χ3v) is 3.44. The Morgan fingerprint density at radius 3 is 2.32 bits per heavy atom. The molecule has 0 spiro atoms. The average Bonchev–Trinajstić information content (AvgIpc) is 2.65. The van der Waals surface area contributed by atoms with Gasteiger partial charge >= 0.3 is 11.9 Å². The van der Waals surface area contributed by atoms with E-state index in [1.165, 1.54) is 24.3 Å². The minimum Gasteiger partial charge on any atom is -0.478 e. The van der Waals surface area contributed by atoms with Gasteiger partial charge in [0, 0.05) is 28.5 Å². The van der Waals surface area contributed by atoms with Crippen LogP contribution in [-0.4, -0.2) is 35.5 Å². The molecule has 0 heterocycles. The van der Waals surface area contributed by atoms with Gasteiger partial charge in [-0.2, -0.15) is 0 Å². The molecule has 3 N–H and O–H groups in total. The predicted molar refractivity (Wildman–Crippen MR) is 102 cm³/mol. The minimum atomic E-state index is -1.24. The van der Waals surface area contributed by atoms with Gasteiger partial charge in [0.05, 0.1) is 5.56 Å². The van der Waals surface area contributed by atoms with Crippen LogP contribution in [-0.2, 0) is 19.1 Å². The van der Waals surface area contributed by atoms with Gasteiger partial charge in [-0.3, -0.25) is 9.59 Å². The Kier molecular flexibility index (Phi) is 7.29. The first kappa shape index (κ1) is 20.7. The number of hydrogen-bond acceptors (Lipinski definition) is 5. The molecule has 9 heteroatoms. The molecule has 8 nitrogen and oxygen atoms in total. The summed E-state index contributed by atoms with van der Waals surface area (Å²) in [7, 11) is 0. The molecule has 2 rings (SSSR count). The number of aliphatic carboxylic acids is 1. The van der Waals surface area contributed by atoms with E-state index in [4.69, 9.17) is 21.4 Å². The second kappa shape index (κ2) is 9.89. The number of carbonyl (C=O) groups excluding carboxylic acids is 3. The van der Waals surface area contributed by atoms with Gasteiger partial charge in [0.2, 0.25) is 5.91 Å². The van der Waals surface area contributed by atoms with Crippen molar-refractivity contribution in [2.75, 3.05) is 17.2 Å². The molecule has 28 heavy (non-hydrogen) atoms. The molecule has 0 saturated heterocycles. The number of carboxylic acids is 1. The second-order valence-electron chi connectivity index (χ2n) is 5.37. The van der Waals surface area contributed by atoms with Gasteiger partial charge < -0.3 is 20.5 Å². The zero-order valence-electron chi connectivity index (χ0n) is 14.3. The van der Waals surface area contributed by atoms with Crippen LogP contribution in [0.3, 0.4) is 0 Å². The number of carboxylic acid groups (broad SMARTS) is 1. The smallest absolute Gasteiger partial charge is 0.338 e. The van der Waals surface area contributed by atoms with Gasteiger partial charge in [-0.05, 0) is 42.5 Å². The summed E-state index contributed by atoms with van der Waals surface area (Å²) in [6.45, 7) is -0.482. The van der Waals surface area contributed by atoms with Gasteiger partial charge in [-0.25, -0.2) is 9.59 Å². The van der Waals surface area contributed by atoms with E-state index in [0.717, 1.165) is 6.08 Å². The van der Waals surface area contributed by atoms with Gasteiger partial charge in [-0.1, -0.05) is 17.7 Å². The van der Waals surface area contributed by atoms with Crippen LogP contribution in [0.5, 0.6) is 0 Å². The number of anilines is 2. The monoisotopic (exact) mass is 402 g/mol. The summed E-state index contributed by atoms with van der Waals surface area (Å²) in [4.78, 5) is 45.6. The van der Waals surface area contributed by atoms with Crippen LogP contribution < -0.4 is 10.6 Å². The van der Waals surface area contributed by atoms with Crippen LogP contribution in [0.15, 0.2) is 60.7 Å². The van der Waals surface area contributed by atoms with Gasteiger partial charge in [0.25, 0.3) is 5.91 Å². The SMILES string of the molecule is O=C(O)/C=C/C(=O)Nc1ccc(C(=O)OCC(=O)Nc2cccc(Cl)c2)cc1. The van der Waals surface area contributed by atoms with E-state index in [0.29, 0.717) is 22.5 Å². The van der Waals surface area contributed by atoms with E-state index < -0.39 is 30.4 Å². The van der Waals surface area contributed by atoms with Crippen molar-refractivity contribution < 1.29 is 29.0 Å². The first-order chi connectivity index (χ1) is 13.3. The summed E-state index contributed by atoms with van der Waals surface area (Å²) >= 11 is 5.82. The maximum atomic E-state index is 12.0. The third kappa shape index (κ3) is 6.93. The van der Waals surface area contributed by atoms with Crippen molar-refractivity contribution in [1.29, 1.82) is 0 Å². The molecule has 2 amide bonds. The fourth-order valence-corrected chi connectivity index (χ4v) is 2.19. The molecule has 2 aromatic rings. The zero-order chi connectivity index (χ0) is 20.5. The molecule has 0 aliphatic carbocycles. The Bertz CT molecular complexity index is 924. The summed E-state index contributed by atoms with van der Waals surface area (Å²) in [5.74, 6) is -3.11. The topological polar surface area (TPSA) is 122 Å². The van der Waals surface area contributed by atoms with Gasteiger partial charge in [0.1, 0.15) is 0 Å². The van der Waals surface area contributed by atoms with Crippen molar-refractivity contribution in [2.45, 2.75) is 0 Å². The summed E-state index contributed by atoms with van der Waals surface area (Å²) in [6, 6.07) is 12.2. The zero-order valence-corrected chi connectivity index (χ0v) is 15.1. The van der Waals surface area contributed by atoms with Crippen molar-refractivity contribution in [1.82, 2.24) is 0 Å². The Balaban J connectivity index is 1.84. The van der Waals surface area contributed by atoms with Crippen molar-refractivity contribution in [2.24, 2.45) is 0 Å². The number of ether oxygens (including phenoxy) is 1. The van der Waals surface area contributed by atoms with Crippen LogP contribution in [0.2, 0.25) is 5.02 Å². The number of nitrogens with one attached hydrogen (secondary N) is 2. The molecule has 2 aromatic carbocycles. The lowest BCUT2D eigenvalue weighted by atomic mass is 10.2. The molecular formula is C19H15ClN2O6. The largest absolute Gasteiger partial charge is 0.478 e. The number of rotatable bonds is 7. The number of carbonyl (C=O) groups is 4. The molecular weight excluding hydrogens is 388 g/mol. The highest BCUT2D eigenvalue weighted by atomic mass is 35.5. The number of amides is 2. The van der Waals surface area contributed by atoms with Crippen LogP contribution in [0.1, 0.15) is 10.4 Å². The lowest BCUT2D eigenvalue weighted by molar-refractivity contribution is -0.131. The van der Waals surface area contributed by atoms with E-state index in [-0.39, 0.29) is 5.56 Å². The number of esters is 1. The lowest BCUT2D eigenvalue weighted by Crippen LogP contribution is -2.20. The van der Waals surface area contributed by atoms with Crippen molar-refractivity contribution in [3.05, 3.63) is 71.3 Å². The second-order valence-corrected chi connectivity index (χ2v) is 5.81. The maximum Gasteiger partial charge on any atom is 0.338 e. The van der Waals surface area contributed by atoms with Crippen molar-refractivity contribution in [3.63, 3.8) is 0 Å². The number of hydrogen-bond donors (Lipinski definition) is 3. The highest BCUT2D eigenvalue weighted by Gasteiger charge is 2.11. The van der Waals surface area contributed by atoms with Crippen molar-refractivity contribution in [3.8, 4) is 0 Å². The van der Waals surface area contributed by atoms with Gasteiger partial charge in [-0.15, -0.1) is 0 Å². The fraction of sp³-hybridized carbons (Fsp3) is 0.0526. The van der Waals surface area contributed by atoms with E-state index in [2.05, 4.69) is 10.6 Å². The molecule has 144 valence electrons. The minimum absolute atomic E-state index is 0.176. The van der Waals surface area contributed by atoms with Gasteiger partial charge in [0.15, 0.2) is 6.61 Å². The fourth-order valence-electron chi connectivity index (χ4n) is 2.00. The Morgan fingerprint density at radius 2 is 1.68 bits per heavy atom.